The van der Waals surface area contributed by atoms with Gasteiger partial charge in [0.1, 0.15) is 4.90 Å². The van der Waals surface area contributed by atoms with E-state index in [9.17, 15) is 8.42 Å². The molecule has 2 aliphatic rings. The first-order valence-electron chi connectivity index (χ1n) is 8.63. The summed E-state index contributed by atoms with van der Waals surface area (Å²) >= 11 is 0. The second kappa shape index (κ2) is 6.04. The highest BCUT2D eigenvalue weighted by Gasteiger charge is 2.44. The van der Waals surface area contributed by atoms with Gasteiger partial charge in [0, 0.05) is 6.20 Å². The van der Waals surface area contributed by atoms with Crippen LogP contribution in [0, 0.1) is 16.7 Å². The number of nitrogens with two attached hydrogens (primary N) is 1. The van der Waals surface area contributed by atoms with E-state index in [0.717, 1.165) is 42.4 Å². The van der Waals surface area contributed by atoms with E-state index >= 15 is 0 Å². The molecule has 0 unspecified atom stereocenters. The third-order valence-corrected chi connectivity index (χ3v) is 6.55. The lowest BCUT2D eigenvalue weighted by Crippen LogP contribution is -2.26. The predicted octanol–water partition coefficient (Wildman–Crippen LogP) is 3.48. The lowest BCUT2D eigenvalue weighted by atomic mass is 9.66. The topological polar surface area (TPSA) is 96.8 Å². The Bertz CT molecular complexity index is 1040. The van der Waals surface area contributed by atoms with Gasteiger partial charge < -0.3 is 0 Å². The van der Waals surface area contributed by atoms with E-state index in [0.29, 0.717) is 11.3 Å². The molecule has 0 bridgehead atoms. The van der Waals surface area contributed by atoms with Crippen LogP contribution >= 0.6 is 0 Å². The third kappa shape index (κ3) is 2.83. The average molecular weight is 365 g/mol. The van der Waals surface area contributed by atoms with Gasteiger partial charge in [0.2, 0.25) is 10.0 Å². The second-order valence-corrected chi connectivity index (χ2v) is 8.78. The molecule has 1 spiro atoms. The van der Waals surface area contributed by atoms with Crippen LogP contribution in [0.3, 0.4) is 0 Å². The van der Waals surface area contributed by atoms with E-state index in [1.807, 2.05) is 12.1 Å². The smallest absolute Gasteiger partial charge is 0.240 e. The molecule has 2 N–H and O–H groups in total. The van der Waals surface area contributed by atoms with Crippen LogP contribution in [0.1, 0.15) is 48.9 Å². The van der Waals surface area contributed by atoms with Crippen LogP contribution in [-0.2, 0) is 10.0 Å². The molecule has 1 saturated carbocycles. The van der Waals surface area contributed by atoms with Gasteiger partial charge in [-0.25, -0.2) is 13.6 Å². The quantitative estimate of drug-likeness (QED) is 0.900. The SMILES string of the molecule is N#Cc1ccc(C2=C(c3ncccc3S(N)(=O)=O)CC3(CCC3)C2)cc1. The Labute approximate surface area is 153 Å². The lowest BCUT2D eigenvalue weighted by Gasteiger charge is -2.39. The first kappa shape index (κ1) is 17.0. The summed E-state index contributed by atoms with van der Waals surface area (Å²) in [6.07, 6.45) is 6.84. The summed E-state index contributed by atoms with van der Waals surface area (Å²) in [5.41, 5.74) is 4.41. The van der Waals surface area contributed by atoms with Gasteiger partial charge in [-0.05, 0) is 72.1 Å². The van der Waals surface area contributed by atoms with Crippen molar-refractivity contribution in [2.24, 2.45) is 10.6 Å². The summed E-state index contributed by atoms with van der Waals surface area (Å²) in [5, 5.41) is 14.5. The Kier molecular flexibility index (Phi) is 3.94. The van der Waals surface area contributed by atoms with E-state index in [1.54, 1.807) is 24.4 Å². The van der Waals surface area contributed by atoms with Gasteiger partial charge in [-0.2, -0.15) is 5.26 Å². The van der Waals surface area contributed by atoms with Crippen molar-refractivity contribution in [3.8, 4) is 6.07 Å². The van der Waals surface area contributed by atoms with Crippen LogP contribution in [0.5, 0.6) is 0 Å². The summed E-state index contributed by atoms with van der Waals surface area (Å²) in [5.74, 6) is 0. The number of benzene rings is 1. The van der Waals surface area contributed by atoms with Crippen molar-refractivity contribution < 1.29 is 8.42 Å². The first-order chi connectivity index (χ1) is 12.4. The van der Waals surface area contributed by atoms with Crippen molar-refractivity contribution in [2.45, 2.75) is 37.0 Å². The summed E-state index contributed by atoms with van der Waals surface area (Å²) in [7, 11) is -3.85. The Balaban J connectivity index is 1.88. The van der Waals surface area contributed by atoms with Gasteiger partial charge in [-0.1, -0.05) is 18.6 Å². The molecule has 0 radical (unpaired) electrons. The Morgan fingerprint density at radius 3 is 2.35 bits per heavy atom. The number of nitriles is 1. The monoisotopic (exact) mass is 365 g/mol. The minimum atomic E-state index is -3.85. The number of hydrogen-bond acceptors (Lipinski definition) is 4. The second-order valence-electron chi connectivity index (χ2n) is 7.25. The zero-order valence-electron chi connectivity index (χ0n) is 14.3. The number of sulfonamides is 1. The van der Waals surface area contributed by atoms with Crippen LogP contribution in [0.2, 0.25) is 0 Å². The molecule has 0 atom stereocenters. The summed E-state index contributed by atoms with van der Waals surface area (Å²) < 4.78 is 24.1. The van der Waals surface area contributed by atoms with Crippen LogP contribution in [0.25, 0.3) is 11.1 Å². The molecule has 0 aliphatic heterocycles. The highest BCUT2D eigenvalue weighted by atomic mass is 32.2. The first-order valence-corrected chi connectivity index (χ1v) is 10.2. The Morgan fingerprint density at radius 2 is 1.77 bits per heavy atom. The van der Waals surface area contributed by atoms with Crippen LogP contribution in [-0.4, -0.2) is 13.4 Å². The van der Waals surface area contributed by atoms with E-state index in [-0.39, 0.29) is 10.3 Å². The number of rotatable bonds is 3. The van der Waals surface area contributed by atoms with Crippen molar-refractivity contribution in [3.05, 3.63) is 59.4 Å². The molecule has 0 saturated heterocycles. The highest BCUT2D eigenvalue weighted by Crippen LogP contribution is 2.59. The zero-order chi connectivity index (χ0) is 18.4. The number of allylic oxidation sites excluding steroid dienone is 2. The van der Waals surface area contributed by atoms with E-state index in [1.165, 1.54) is 12.5 Å². The van der Waals surface area contributed by atoms with Gasteiger partial charge in [0.05, 0.1) is 17.3 Å². The van der Waals surface area contributed by atoms with Crippen LogP contribution in [0.4, 0.5) is 0 Å². The number of hydrogen-bond donors (Lipinski definition) is 1. The van der Waals surface area contributed by atoms with Crippen molar-refractivity contribution in [3.63, 3.8) is 0 Å². The number of pyridine rings is 1. The van der Waals surface area contributed by atoms with Crippen molar-refractivity contribution in [2.75, 3.05) is 0 Å². The maximum Gasteiger partial charge on any atom is 0.240 e. The molecule has 2 aliphatic carbocycles. The molecular formula is C20H19N3O2S. The molecule has 1 heterocycles. The molecule has 2 aromatic rings. The Hall–Kier alpha value is -2.49. The fourth-order valence-electron chi connectivity index (χ4n) is 4.15. The highest BCUT2D eigenvalue weighted by molar-refractivity contribution is 7.89. The fraction of sp³-hybridized carbons (Fsp3) is 0.300. The maximum absolute atomic E-state index is 12.1. The van der Waals surface area contributed by atoms with Gasteiger partial charge in [0.25, 0.3) is 0 Å². The standard InChI is InChI=1S/C20H19N3O2S/c21-13-14-4-6-15(7-5-14)16-11-20(8-2-9-20)12-17(16)19-18(26(22,24)25)3-1-10-23-19/h1,3-7,10H,2,8-9,11-12H2,(H2,22,24,25). The minimum Gasteiger partial charge on any atom is -0.255 e. The maximum atomic E-state index is 12.1. The Morgan fingerprint density at radius 1 is 1.08 bits per heavy atom. The van der Waals surface area contributed by atoms with E-state index in [4.69, 9.17) is 10.4 Å². The number of nitrogens with zero attached hydrogens (tertiary/aromatic N) is 2. The van der Waals surface area contributed by atoms with Gasteiger partial charge >= 0.3 is 0 Å². The third-order valence-electron chi connectivity index (χ3n) is 5.61. The molecule has 1 fully saturated rings. The summed E-state index contributed by atoms with van der Waals surface area (Å²) in [6.45, 7) is 0. The van der Waals surface area contributed by atoms with Gasteiger partial charge in [-0.3, -0.25) is 4.98 Å². The number of primary sulfonamides is 1. The molecule has 4 rings (SSSR count). The molecule has 1 aromatic heterocycles. The molecule has 0 amide bonds. The molecule has 1 aromatic carbocycles. The van der Waals surface area contributed by atoms with E-state index in [2.05, 4.69) is 11.1 Å². The van der Waals surface area contributed by atoms with Crippen molar-refractivity contribution >= 4 is 21.2 Å². The zero-order valence-corrected chi connectivity index (χ0v) is 15.1. The van der Waals surface area contributed by atoms with Crippen LogP contribution in [0.15, 0.2) is 47.5 Å². The molecule has 26 heavy (non-hydrogen) atoms. The predicted molar refractivity (Wildman–Crippen MR) is 99.1 cm³/mol. The van der Waals surface area contributed by atoms with E-state index < -0.39 is 10.0 Å². The lowest BCUT2D eigenvalue weighted by molar-refractivity contribution is 0.157. The van der Waals surface area contributed by atoms with Crippen molar-refractivity contribution in [1.82, 2.24) is 4.98 Å². The largest absolute Gasteiger partial charge is 0.255 e. The molecular weight excluding hydrogens is 346 g/mol. The van der Waals surface area contributed by atoms with Gasteiger partial charge in [-0.15, -0.1) is 0 Å². The summed E-state index contributed by atoms with van der Waals surface area (Å²) in [6, 6.07) is 12.7. The summed E-state index contributed by atoms with van der Waals surface area (Å²) in [4.78, 5) is 4.47. The molecule has 132 valence electrons. The fourth-order valence-corrected chi connectivity index (χ4v) is 4.87. The number of aromatic nitrogens is 1. The van der Waals surface area contributed by atoms with Crippen LogP contribution < -0.4 is 5.14 Å². The molecule has 5 nitrogen and oxygen atoms in total. The van der Waals surface area contributed by atoms with Crippen molar-refractivity contribution in [1.29, 1.82) is 5.26 Å². The molecule has 6 heteroatoms. The minimum absolute atomic E-state index is 0.0810. The average Bonchev–Trinajstić information content (AvgIpc) is 3.02. The van der Waals surface area contributed by atoms with Gasteiger partial charge in [0.15, 0.2) is 0 Å². The normalized spacial score (nSPS) is 18.6.